The summed E-state index contributed by atoms with van der Waals surface area (Å²) in [6.07, 6.45) is 2.27. The first-order valence-electron chi connectivity index (χ1n) is 9.56. The van der Waals surface area contributed by atoms with E-state index in [0.717, 1.165) is 25.1 Å². The zero-order valence-electron chi connectivity index (χ0n) is 16.1. The van der Waals surface area contributed by atoms with E-state index in [0.29, 0.717) is 23.7 Å². The molecule has 0 saturated carbocycles. The maximum atomic E-state index is 12.7. The molecule has 0 aliphatic carbocycles. The van der Waals surface area contributed by atoms with Gasteiger partial charge in [0, 0.05) is 38.9 Å². The van der Waals surface area contributed by atoms with Crippen molar-refractivity contribution in [2.75, 3.05) is 38.1 Å². The largest absolute Gasteiger partial charge is 0.375 e. The number of sulfonamides is 1. The first-order chi connectivity index (χ1) is 13.5. The monoisotopic (exact) mass is 421 g/mol. The Hall–Kier alpha value is -1.90. The van der Waals surface area contributed by atoms with Gasteiger partial charge in [-0.15, -0.1) is 11.3 Å². The molecule has 1 amide bonds. The summed E-state index contributed by atoms with van der Waals surface area (Å²) >= 11 is 1.22. The Morgan fingerprint density at radius 2 is 2.04 bits per heavy atom. The SMILES string of the molecule is CN(CCCNC(=O)C1CCCN(S(=O)(=O)c2cccs2)C1)c1ccccc1. The van der Waals surface area contributed by atoms with Gasteiger partial charge in [-0.25, -0.2) is 8.42 Å². The fraction of sp³-hybridized carbons (Fsp3) is 0.450. The standard InChI is InChI=1S/C20H27N3O3S2/c1-22(18-9-3-2-4-10-18)13-7-12-21-20(24)17-8-5-14-23(16-17)28(25,26)19-11-6-15-27-19/h2-4,6,9-11,15,17H,5,7-8,12-14,16H2,1H3,(H,21,24). The van der Waals surface area contributed by atoms with Crippen molar-refractivity contribution in [2.45, 2.75) is 23.5 Å². The van der Waals surface area contributed by atoms with E-state index in [-0.39, 0.29) is 18.4 Å². The average Bonchev–Trinajstić information content (AvgIpc) is 3.27. The third-order valence-electron chi connectivity index (χ3n) is 5.01. The number of carbonyl (C=O) groups excluding carboxylic acids is 1. The van der Waals surface area contributed by atoms with Gasteiger partial charge < -0.3 is 10.2 Å². The second kappa shape index (κ2) is 9.54. The second-order valence-electron chi connectivity index (χ2n) is 7.04. The Balaban J connectivity index is 1.45. The molecule has 8 heteroatoms. The smallest absolute Gasteiger partial charge is 0.252 e. The molecule has 1 fully saturated rings. The number of nitrogens with one attached hydrogen (secondary N) is 1. The van der Waals surface area contributed by atoms with Crippen molar-refractivity contribution in [3.05, 3.63) is 47.8 Å². The van der Waals surface area contributed by atoms with Gasteiger partial charge in [0.15, 0.2) is 0 Å². The molecule has 2 aromatic rings. The molecule has 1 unspecified atom stereocenters. The van der Waals surface area contributed by atoms with E-state index >= 15 is 0 Å². The highest BCUT2D eigenvalue weighted by atomic mass is 32.2. The Morgan fingerprint density at radius 1 is 1.25 bits per heavy atom. The van der Waals surface area contributed by atoms with Crippen molar-refractivity contribution in [3.63, 3.8) is 0 Å². The predicted molar refractivity (Wildman–Crippen MR) is 113 cm³/mol. The van der Waals surface area contributed by atoms with Crippen molar-refractivity contribution in [2.24, 2.45) is 5.92 Å². The van der Waals surface area contributed by atoms with Crippen LogP contribution >= 0.6 is 11.3 Å². The fourth-order valence-electron chi connectivity index (χ4n) is 3.40. The number of hydrogen-bond donors (Lipinski definition) is 1. The molecular weight excluding hydrogens is 394 g/mol. The quantitative estimate of drug-likeness (QED) is 0.666. The average molecular weight is 422 g/mol. The molecule has 1 atom stereocenters. The van der Waals surface area contributed by atoms with E-state index in [9.17, 15) is 13.2 Å². The summed E-state index contributed by atoms with van der Waals surface area (Å²) in [5.41, 5.74) is 1.15. The summed E-state index contributed by atoms with van der Waals surface area (Å²) in [5.74, 6) is -0.330. The van der Waals surface area contributed by atoms with E-state index in [1.165, 1.54) is 15.6 Å². The van der Waals surface area contributed by atoms with E-state index in [2.05, 4.69) is 22.3 Å². The zero-order chi connectivity index (χ0) is 20.0. The molecule has 0 spiro atoms. The normalized spacial score (nSPS) is 18.0. The van der Waals surface area contributed by atoms with E-state index in [1.807, 2.05) is 25.2 Å². The maximum Gasteiger partial charge on any atom is 0.252 e. The van der Waals surface area contributed by atoms with Crippen LogP contribution in [0.3, 0.4) is 0 Å². The summed E-state index contributed by atoms with van der Waals surface area (Å²) in [4.78, 5) is 14.7. The van der Waals surface area contributed by atoms with Crippen molar-refractivity contribution in [1.82, 2.24) is 9.62 Å². The van der Waals surface area contributed by atoms with Crippen LogP contribution in [0, 0.1) is 5.92 Å². The molecular formula is C20H27N3O3S2. The lowest BCUT2D eigenvalue weighted by molar-refractivity contribution is -0.126. The summed E-state index contributed by atoms with van der Waals surface area (Å²) in [6.45, 7) is 2.17. The third kappa shape index (κ3) is 5.12. The summed E-state index contributed by atoms with van der Waals surface area (Å²) in [6, 6.07) is 13.5. The predicted octanol–water partition coefficient (Wildman–Crippen LogP) is 2.79. The van der Waals surface area contributed by atoms with Gasteiger partial charge >= 0.3 is 0 Å². The number of hydrogen-bond acceptors (Lipinski definition) is 5. The number of nitrogens with zero attached hydrogens (tertiary/aromatic N) is 2. The molecule has 1 saturated heterocycles. The van der Waals surface area contributed by atoms with Crippen molar-refractivity contribution < 1.29 is 13.2 Å². The Bertz CT molecular complexity index is 854. The molecule has 6 nitrogen and oxygen atoms in total. The van der Waals surface area contributed by atoms with Crippen molar-refractivity contribution in [1.29, 1.82) is 0 Å². The van der Waals surface area contributed by atoms with Crippen LogP contribution in [0.25, 0.3) is 0 Å². The van der Waals surface area contributed by atoms with Crippen LogP contribution in [-0.2, 0) is 14.8 Å². The lowest BCUT2D eigenvalue weighted by atomic mass is 9.99. The number of amides is 1. The summed E-state index contributed by atoms with van der Waals surface area (Å²) < 4.78 is 27.2. The Labute approximate surface area is 171 Å². The highest BCUT2D eigenvalue weighted by Crippen LogP contribution is 2.26. The molecule has 1 aromatic heterocycles. The molecule has 0 bridgehead atoms. The van der Waals surface area contributed by atoms with Crippen molar-refractivity contribution >= 4 is 33.0 Å². The van der Waals surface area contributed by atoms with Crippen LogP contribution in [-0.4, -0.2) is 51.9 Å². The minimum atomic E-state index is -3.49. The molecule has 1 aliphatic heterocycles. The molecule has 2 heterocycles. The Kier molecular flexibility index (Phi) is 7.09. The van der Waals surface area contributed by atoms with Crippen LogP contribution in [0.2, 0.25) is 0 Å². The lowest BCUT2D eigenvalue weighted by Crippen LogP contribution is -2.45. The minimum Gasteiger partial charge on any atom is -0.375 e. The maximum absolute atomic E-state index is 12.7. The molecule has 1 N–H and O–H groups in total. The number of carbonyl (C=O) groups is 1. The number of rotatable bonds is 8. The number of piperidine rings is 1. The summed E-state index contributed by atoms with van der Waals surface area (Å²) in [5, 5.41) is 4.74. The van der Waals surface area contributed by atoms with Gasteiger partial charge in [-0.2, -0.15) is 4.31 Å². The molecule has 0 radical (unpaired) electrons. The van der Waals surface area contributed by atoms with E-state index < -0.39 is 10.0 Å². The molecule has 1 aliphatic rings. The number of anilines is 1. The van der Waals surface area contributed by atoms with Crippen LogP contribution in [0.5, 0.6) is 0 Å². The molecule has 152 valence electrons. The highest BCUT2D eigenvalue weighted by molar-refractivity contribution is 7.91. The third-order valence-corrected chi connectivity index (χ3v) is 8.25. The van der Waals surface area contributed by atoms with Gasteiger partial charge in [0.05, 0.1) is 5.92 Å². The lowest BCUT2D eigenvalue weighted by Gasteiger charge is -2.30. The number of para-hydroxylation sites is 1. The van der Waals surface area contributed by atoms with Crippen LogP contribution in [0.4, 0.5) is 5.69 Å². The first kappa shape index (κ1) is 20.8. The topological polar surface area (TPSA) is 69.7 Å². The minimum absolute atomic E-state index is 0.0477. The van der Waals surface area contributed by atoms with E-state index in [1.54, 1.807) is 17.5 Å². The van der Waals surface area contributed by atoms with Crippen LogP contribution < -0.4 is 10.2 Å². The van der Waals surface area contributed by atoms with Gasteiger partial charge in [-0.1, -0.05) is 24.3 Å². The van der Waals surface area contributed by atoms with Crippen LogP contribution in [0.1, 0.15) is 19.3 Å². The molecule has 28 heavy (non-hydrogen) atoms. The fourth-order valence-corrected chi connectivity index (χ4v) is 6.06. The van der Waals surface area contributed by atoms with Gasteiger partial charge in [0.2, 0.25) is 5.91 Å². The number of thiophene rings is 1. The van der Waals surface area contributed by atoms with Crippen LogP contribution in [0.15, 0.2) is 52.1 Å². The summed E-state index contributed by atoms with van der Waals surface area (Å²) in [7, 11) is -1.45. The Morgan fingerprint density at radius 3 is 2.75 bits per heavy atom. The van der Waals surface area contributed by atoms with Gasteiger partial charge in [-0.3, -0.25) is 4.79 Å². The zero-order valence-corrected chi connectivity index (χ0v) is 17.7. The number of benzene rings is 1. The molecule has 3 rings (SSSR count). The second-order valence-corrected chi connectivity index (χ2v) is 10.1. The highest BCUT2D eigenvalue weighted by Gasteiger charge is 2.33. The van der Waals surface area contributed by atoms with E-state index in [4.69, 9.17) is 0 Å². The van der Waals surface area contributed by atoms with Gasteiger partial charge in [0.25, 0.3) is 10.0 Å². The first-order valence-corrected chi connectivity index (χ1v) is 11.9. The van der Waals surface area contributed by atoms with Gasteiger partial charge in [0.1, 0.15) is 4.21 Å². The van der Waals surface area contributed by atoms with Gasteiger partial charge in [-0.05, 0) is 42.8 Å². The molecule has 1 aromatic carbocycles. The van der Waals surface area contributed by atoms with Crippen molar-refractivity contribution in [3.8, 4) is 0 Å².